The molecule has 0 saturated carbocycles. The lowest BCUT2D eigenvalue weighted by atomic mass is 9.97. The predicted octanol–water partition coefficient (Wildman–Crippen LogP) is 0.759. The van der Waals surface area contributed by atoms with E-state index in [9.17, 15) is 8.42 Å². The Morgan fingerprint density at radius 2 is 2.18 bits per heavy atom. The van der Waals surface area contributed by atoms with Crippen molar-refractivity contribution in [2.75, 3.05) is 19.6 Å². The van der Waals surface area contributed by atoms with Gasteiger partial charge in [-0.15, -0.1) is 0 Å². The molecule has 0 radical (unpaired) electrons. The van der Waals surface area contributed by atoms with Crippen LogP contribution in [0.4, 0.5) is 0 Å². The fourth-order valence-corrected chi connectivity index (χ4v) is 3.13. The van der Waals surface area contributed by atoms with Gasteiger partial charge in [0.1, 0.15) is 0 Å². The molecule has 2 rings (SSSR count). The number of piperidine rings is 1. The maximum absolute atomic E-state index is 11.0. The van der Waals surface area contributed by atoms with Crippen molar-refractivity contribution in [1.29, 1.82) is 0 Å². The van der Waals surface area contributed by atoms with Crippen LogP contribution in [0.5, 0.6) is 0 Å². The van der Waals surface area contributed by atoms with Crippen LogP contribution in [-0.4, -0.2) is 43.1 Å². The molecule has 1 saturated heterocycles. The highest BCUT2D eigenvalue weighted by Crippen LogP contribution is 2.26. The molecule has 8 nitrogen and oxygen atoms in total. The van der Waals surface area contributed by atoms with Crippen molar-refractivity contribution in [3.8, 4) is 0 Å². The van der Waals surface area contributed by atoms with Gasteiger partial charge in [-0.2, -0.15) is 13.4 Å². The number of likely N-dealkylation sites (tertiary alicyclic amines) is 1. The van der Waals surface area contributed by atoms with Gasteiger partial charge in [0.15, 0.2) is 5.82 Å². The SMILES string of the molecule is CC(C)c1noc([C@H](C)N2CCC[C@@H](CNS(N)(=O)=O)C2)n1. The van der Waals surface area contributed by atoms with Crippen LogP contribution in [-0.2, 0) is 10.2 Å². The van der Waals surface area contributed by atoms with E-state index in [1.165, 1.54) is 0 Å². The van der Waals surface area contributed by atoms with E-state index in [2.05, 4.69) is 19.8 Å². The van der Waals surface area contributed by atoms with Crippen LogP contribution in [0.3, 0.4) is 0 Å². The van der Waals surface area contributed by atoms with Gasteiger partial charge < -0.3 is 4.52 Å². The zero-order valence-electron chi connectivity index (χ0n) is 13.3. The van der Waals surface area contributed by atoms with Crippen LogP contribution in [0.25, 0.3) is 0 Å². The molecule has 1 aromatic heterocycles. The summed E-state index contributed by atoms with van der Waals surface area (Å²) in [4.78, 5) is 6.69. The molecule has 2 heterocycles. The van der Waals surface area contributed by atoms with Gasteiger partial charge in [0.05, 0.1) is 6.04 Å². The summed E-state index contributed by atoms with van der Waals surface area (Å²) in [6, 6.07) is 0.0253. The van der Waals surface area contributed by atoms with Crippen molar-refractivity contribution < 1.29 is 12.9 Å². The largest absolute Gasteiger partial charge is 0.338 e. The van der Waals surface area contributed by atoms with Crippen LogP contribution in [0.1, 0.15) is 57.3 Å². The van der Waals surface area contributed by atoms with Crippen molar-refractivity contribution in [2.24, 2.45) is 11.1 Å². The Balaban J connectivity index is 1.95. The molecule has 0 aliphatic carbocycles. The maximum Gasteiger partial charge on any atom is 0.274 e. The van der Waals surface area contributed by atoms with E-state index in [1.807, 2.05) is 20.8 Å². The van der Waals surface area contributed by atoms with Crippen molar-refractivity contribution in [3.05, 3.63) is 11.7 Å². The summed E-state index contributed by atoms with van der Waals surface area (Å²) in [7, 11) is -3.63. The molecule has 1 aliphatic heterocycles. The van der Waals surface area contributed by atoms with E-state index in [-0.39, 0.29) is 17.9 Å². The van der Waals surface area contributed by atoms with Gasteiger partial charge in [0.25, 0.3) is 10.2 Å². The lowest BCUT2D eigenvalue weighted by Gasteiger charge is -2.35. The summed E-state index contributed by atoms with van der Waals surface area (Å²) < 4.78 is 29.7. The van der Waals surface area contributed by atoms with E-state index in [4.69, 9.17) is 9.66 Å². The molecular weight excluding hydrogens is 306 g/mol. The van der Waals surface area contributed by atoms with Gasteiger partial charge >= 0.3 is 0 Å². The molecule has 0 amide bonds. The lowest BCUT2D eigenvalue weighted by molar-refractivity contribution is 0.112. The fraction of sp³-hybridized carbons (Fsp3) is 0.846. The number of rotatable bonds is 6. The van der Waals surface area contributed by atoms with Crippen LogP contribution >= 0.6 is 0 Å². The summed E-state index contributed by atoms with van der Waals surface area (Å²) in [5.41, 5.74) is 0. The second-order valence-electron chi connectivity index (χ2n) is 6.22. The zero-order chi connectivity index (χ0) is 16.3. The smallest absolute Gasteiger partial charge is 0.274 e. The standard InChI is InChI=1S/C13H25N5O3S/c1-9(2)12-16-13(21-17-12)10(3)18-6-4-5-11(8-18)7-15-22(14,19)20/h9-11,15H,4-8H2,1-3H3,(H2,14,19,20)/t10-,11-/m0/s1. The number of nitrogens with one attached hydrogen (secondary N) is 1. The Labute approximate surface area is 131 Å². The first-order chi connectivity index (χ1) is 10.3. The number of hydrogen-bond acceptors (Lipinski definition) is 6. The molecule has 0 aromatic carbocycles. The normalized spacial score (nSPS) is 22.1. The van der Waals surface area contributed by atoms with E-state index in [0.29, 0.717) is 18.3 Å². The third-order valence-corrected chi connectivity index (χ3v) is 4.57. The third-order valence-electron chi connectivity index (χ3n) is 4.00. The zero-order valence-corrected chi connectivity index (χ0v) is 14.1. The van der Waals surface area contributed by atoms with E-state index in [1.54, 1.807) is 0 Å². The molecule has 1 aliphatic rings. The minimum absolute atomic E-state index is 0.0253. The first-order valence-electron chi connectivity index (χ1n) is 7.61. The molecular formula is C13H25N5O3S. The number of hydrogen-bond donors (Lipinski definition) is 2. The van der Waals surface area contributed by atoms with Crippen molar-refractivity contribution in [2.45, 2.75) is 45.6 Å². The average molecular weight is 331 g/mol. The Morgan fingerprint density at radius 3 is 2.77 bits per heavy atom. The van der Waals surface area contributed by atoms with Crippen LogP contribution in [0.15, 0.2) is 4.52 Å². The minimum Gasteiger partial charge on any atom is -0.338 e. The number of nitrogens with two attached hydrogens (primary N) is 1. The van der Waals surface area contributed by atoms with Crippen molar-refractivity contribution >= 4 is 10.2 Å². The monoisotopic (exact) mass is 331 g/mol. The average Bonchev–Trinajstić information content (AvgIpc) is 2.94. The van der Waals surface area contributed by atoms with Gasteiger partial charge in [-0.05, 0) is 32.2 Å². The maximum atomic E-state index is 11.0. The molecule has 0 bridgehead atoms. The van der Waals surface area contributed by atoms with E-state index < -0.39 is 10.2 Å². The van der Waals surface area contributed by atoms with Crippen LogP contribution in [0, 0.1) is 5.92 Å². The molecule has 126 valence electrons. The first-order valence-corrected chi connectivity index (χ1v) is 9.16. The quantitative estimate of drug-likeness (QED) is 0.795. The molecule has 3 N–H and O–H groups in total. The molecule has 22 heavy (non-hydrogen) atoms. The van der Waals surface area contributed by atoms with Crippen molar-refractivity contribution in [1.82, 2.24) is 19.8 Å². The fourth-order valence-electron chi connectivity index (χ4n) is 2.66. The van der Waals surface area contributed by atoms with Crippen LogP contribution < -0.4 is 9.86 Å². The minimum atomic E-state index is -3.63. The molecule has 1 fully saturated rings. The summed E-state index contributed by atoms with van der Waals surface area (Å²) in [6.07, 6.45) is 1.99. The number of nitrogens with zero attached hydrogens (tertiary/aromatic N) is 3. The number of aromatic nitrogens is 2. The Kier molecular flexibility index (Phi) is 5.54. The van der Waals surface area contributed by atoms with Crippen molar-refractivity contribution in [3.63, 3.8) is 0 Å². The Bertz CT molecular complexity index is 586. The second kappa shape index (κ2) is 7.03. The van der Waals surface area contributed by atoms with Gasteiger partial charge in [0.2, 0.25) is 5.89 Å². The van der Waals surface area contributed by atoms with Crippen LogP contribution in [0.2, 0.25) is 0 Å². The molecule has 1 aromatic rings. The topological polar surface area (TPSA) is 114 Å². The van der Waals surface area contributed by atoms with Gasteiger partial charge in [-0.1, -0.05) is 19.0 Å². The summed E-state index contributed by atoms with van der Waals surface area (Å²) in [6.45, 7) is 8.16. The van der Waals surface area contributed by atoms with Gasteiger partial charge in [-0.3, -0.25) is 4.90 Å². The summed E-state index contributed by atoms with van der Waals surface area (Å²) in [5, 5.41) is 8.98. The third kappa shape index (κ3) is 4.73. The lowest BCUT2D eigenvalue weighted by Crippen LogP contribution is -2.43. The van der Waals surface area contributed by atoms with Gasteiger partial charge in [0, 0.05) is 19.0 Å². The predicted molar refractivity (Wildman–Crippen MR) is 82.2 cm³/mol. The Morgan fingerprint density at radius 1 is 1.45 bits per heavy atom. The second-order valence-corrected chi connectivity index (χ2v) is 7.60. The molecule has 9 heteroatoms. The summed E-state index contributed by atoms with van der Waals surface area (Å²) >= 11 is 0. The Hall–Kier alpha value is -1.03. The molecule has 0 spiro atoms. The summed E-state index contributed by atoms with van der Waals surface area (Å²) in [5.74, 6) is 1.80. The molecule has 0 unspecified atom stereocenters. The highest BCUT2D eigenvalue weighted by Gasteiger charge is 2.28. The van der Waals surface area contributed by atoms with E-state index in [0.717, 1.165) is 25.9 Å². The highest BCUT2D eigenvalue weighted by molar-refractivity contribution is 7.87. The van der Waals surface area contributed by atoms with Gasteiger partial charge in [-0.25, -0.2) is 9.86 Å². The first kappa shape index (κ1) is 17.3. The molecule has 2 atom stereocenters. The highest BCUT2D eigenvalue weighted by atomic mass is 32.2. The van der Waals surface area contributed by atoms with E-state index >= 15 is 0 Å².